The number of aromatic nitrogens is 1. The summed E-state index contributed by atoms with van der Waals surface area (Å²) in [6, 6.07) is 10.8. The molecule has 1 unspecified atom stereocenters. The molecule has 1 aromatic heterocycles. The van der Waals surface area contributed by atoms with E-state index in [1.165, 1.54) is 12.3 Å². The van der Waals surface area contributed by atoms with Gasteiger partial charge < -0.3 is 15.8 Å². The van der Waals surface area contributed by atoms with Gasteiger partial charge in [-0.2, -0.15) is 5.26 Å². The summed E-state index contributed by atoms with van der Waals surface area (Å²) >= 11 is 0. The van der Waals surface area contributed by atoms with E-state index in [1.807, 2.05) is 31.2 Å². The van der Waals surface area contributed by atoms with Crippen molar-refractivity contribution in [3.63, 3.8) is 0 Å². The molecule has 1 atom stereocenters. The van der Waals surface area contributed by atoms with Crippen LogP contribution in [0.25, 0.3) is 0 Å². The Bertz CT molecular complexity index is 894. The maximum Gasteiger partial charge on any atom is 0.282 e. The summed E-state index contributed by atoms with van der Waals surface area (Å²) in [7, 11) is 0. The Hall–Kier alpha value is -3.54. The molecule has 1 aliphatic heterocycles. The van der Waals surface area contributed by atoms with Crippen LogP contribution in [0.1, 0.15) is 39.6 Å². The van der Waals surface area contributed by atoms with Crippen molar-refractivity contribution in [1.29, 1.82) is 5.26 Å². The van der Waals surface area contributed by atoms with Crippen molar-refractivity contribution >= 4 is 17.6 Å². The van der Waals surface area contributed by atoms with Crippen molar-refractivity contribution in [3.05, 3.63) is 58.9 Å². The molecule has 0 bridgehead atoms. The summed E-state index contributed by atoms with van der Waals surface area (Å²) in [5.74, 6) is -0.339. The molecular formula is C19H19F2N5O2. The monoisotopic (exact) mass is 387 g/mol. The Morgan fingerprint density at radius 1 is 1.39 bits per heavy atom. The number of amides is 1. The topological polar surface area (TPSA) is 113 Å². The zero-order valence-corrected chi connectivity index (χ0v) is 15.2. The summed E-state index contributed by atoms with van der Waals surface area (Å²) in [6.07, 6.45) is 2.10. The Kier molecular flexibility index (Phi) is 7.39. The second kappa shape index (κ2) is 9.97. The number of benzene rings is 1. The number of hydrogen-bond donors (Lipinski definition) is 2. The van der Waals surface area contributed by atoms with Crippen LogP contribution in [0, 0.1) is 18.3 Å². The lowest BCUT2D eigenvalue weighted by Gasteiger charge is -2.21. The van der Waals surface area contributed by atoms with Crippen LogP contribution in [0.5, 0.6) is 0 Å². The minimum atomic E-state index is -1.75. The number of pyridine rings is 1. The summed E-state index contributed by atoms with van der Waals surface area (Å²) in [4.78, 5) is 20.6. The number of nitrogens with one attached hydrogen (secondary N) is 1. The molecule has 1 amide bonds. The lowest BCUT2D eigenvalue weighted by atomic mass is 9.98. The lowest BCUT2D eigenvalue weighted by Crippen LogP contribution is -2.24. The third-order valence-electron chi connectivity index (χ3n) is 3.95. The predicted octanol–water partition coefficient (Wildman–Crippen LogP) is 3.17. The number of rotatable bonds is 3. The van der Waals surface area contributed by atoms with Crippen LogP contribution < -0.4 is 11.1 Å². The molecule has 1 aromatic carbocycles. The number of anilines is 1. The van der Waals surface area contributed by atoms with Gasteiger partial charge in [0, 0.05) is 18.3 Å². The van der Waals surface area contributed by atoms with E-state index in [-0.39, 0.29) is 23.7 Å². The second-order valence-corrected chi connectivity index (χ2v) is 5.79. The molecule has 146 valence electrons. The first-order valence-electron chi connectivity index (χ1n) is 8.34. The van der Waals surface area contributed by atoms with Crippen LogP contribution in [-0.4, -0.2) is 30.4 Å². The van der Waals surface area contributed by atoms with Crippen LogP contribution >= 0.6 is 0 Å². The highest BCUT2D eigenvalue weighted by molar-refractivity contribution is 6.02. The number of alkyl halides is 2. The van der Waals surface area contributed by atoms with Gasteiger partial charge in [0.25, 0.3) is 11.9 Å². The highest BCUT2D eigenvalue weighted by Crippen LogP contribution is 2.29. The molecule has 0 radical (unpaired) electrons. The van der Waals surface area contributed by atoms with Crippen molar-refractivity contribution < 1.29 is 18.3 Å². The molecule has 3 N–H and O–H groups in total. The molecule has 3 rings (SSSR count). The third-order valence-corrected chi connectivity index (χ3v) is 3.95. The zero-order chi connectivity index (χ0) is 20.5. The SMILES string of the molecule is Cc1ccc(NC(=O)c2ccc(C#N)cn2)cc1C1CCOC(N)=N1.FCF. The van der Waals surface area contributed by atoms with Gasteiger partial charge in [0.2, 0.25) is 6.93 Å². The molecule has 9 heteroatoms. The van der Waals surface area contributed by atoms with E-state index in [0.717, 1.165) is 17.5 Å². The molecule has 28 heavy (non-hydrogen) atoms. The van der Waals surface area contributed by atoms with Crippen molar-refractivity contribution in [1.82, 2.24) is 4.98 Å². The molecule has 2 aromatic rings. The van der Waals surface area contributed by atoms with Crippen molar-refractivity contribution in [2.45, 2.75) is 19.4 Å². The Labute approximate surface area is 160 Å². The van der Waals surface area contributed by atoms with E-state index in [2.05, 4.69) is 15.3 Å². The average molecular weight is 387 g/mol. The van der Waals surface area contributed by atoms with Gasteiger partial charge in [-0.05, 0) is 42.3 Å². The number of carbonyl (C=O) groups excluding carboxylic acids is 1. The number of aliphatic imine (C=N–C) groups is 1. The molecule has 1 aliphatic rings. The molecule has 7 nitrogen and oxygen atoms in total. The fourth-order valence-electron chi connectivity index (χ4n) is 2.62. The number of nitrogens with two attached hydrogens (primary N) is 1. The number of halogens is 2. The van der Waals surface area contributed by atoms with E-state index in [0.29, 0.717) is 17.9 Å². The van der Waals surface area contributed by atoms with Gasteiger partial charge in [0.05, 0.1) is 18.2 Å². The molecular weight excluding hydrogens is 368 g/mol. The van der Waals surface area contributed by atoms with Crippen LogP contribution in [0.3, 0.4) is 0 Å². The molecule has 0 spiro atoms. The first-order chi connectivity index (χ1) is 13.5. The van der Waals surface area contributed by atoms with E-state index < -0.39 is 6.93 Å². The molecule has 0 fully saturated rings. The number of ether oxygens (including phenoxy) is 1. The number of nitriles is 1. The molecule has 0 aliphatic carbocycles. The highest BCUT2D eigenvalue weighted by Gasteiger charge is 2.19. The molecule has 0 saturated carbocycles. The quantitative estimate of drug-likeness (QED) is 0.840. The van der Waals surface area contributed by atoms with E-state index in [1.54, 1.807) is 6.07 Å². The van der Waals surface area contributed by atoms with Gasteiger partial charge in [-0.25, -0.2) is 18.8 Å². The van der Waals surface area contributed by atoms with Crippen LogP contribution in [-0.2, 0) is 4.74 Å². The Morgan fingerprint density at radius 2 is 2.14 bits per heavy atom. The van der Waals surface area contributed by atoms with Crippen molar-refractivity contribution in [2.24, 2.45) is 10.7 Å². The standard InChI is InChI=1S/C18H17N5O2.CH2F2/c1-11-2-4-13(8-14(11)15-6-7-25-18(20)23-15)22-17(24)16-5-3-12(9-19)10-21-16;2-1-3/h2-5,8,10,15H,6-7H2,1H3,(H2,20,23)(H,22,24);1H2. The van der Waals surface area contributed by atoms with Gasteiger partial charge >= 0.3 is 0 Å². The van der Waals surface area contributed by atoms with Gasteiger partial charge in [-0.3, -0.25) is 4.79 Å². The summed E-state index contributed by atoms with van der Waals surface area (Å²) < 4.78 is 24.4. The largest absolute Gasteiger partial charge is 0.465 e. The van der Waals surface area contributed by atoms with Crippen molar-refractivity contribution in [3.8, 4) is 6.07 Å². The normalized spacial score (nSPS) is 15.2. The van der Waals surface area contributed by atoms with Crippen LogP contribution in [0.2, 0.25) is 0 Å². The lowest BCUT2D eigenvalue weighted by molar-refractivity contribution is 0.102. The summed E-state index contributed by atoms with van der Waals surface area (Å²) in [5.41, 5.74) is 9.02. The van der Waals surface area contributed by atoms with Crippen molar-refractivity contribution in [2.75, 3.05) is 18.9 Å². The minimum Gasteiger partial charge on any atom is -0.465 e. The fraction of sp³-hybridized carbons (Fsp3) is 0.263. The van der Waals surface area contributed by atoms with Gasteiger partial charge in [-0.15, -0.1) is 0 Å². The maximum absolute atomic E-state index is 12.3. The molecule has 0 saturated heterocycles. The number of aryl methyl sites for hydroxylation is 1. The minimum absolute atomic E-state index is 0.0846. The summed E-state index contributed by atoms with van der Waals surface area (Å²) in [5, 5.41) is 11.6. The molecule has 2 heterocycles. The van der Waals surface area contributed by atoms with Crippen LogP contribution in [0.15, 0.2) is 41.5 Å². The zero-order valence-electron chi connectivity index (χ0n) is 15.2. The predicted molar refractivity (Wildman–Crippen MR) is 100 cm³/mol. The number of nitrogens with zero attached hydrogens (tertiary/aromatic N) is 3. The smallest absolute Gasteiger partial charge is 0.282 e. The average Bonchev–Trinajstić information content (AvgIpc) is 2.70. The van der Waals surface area contributed by atoms with Gasteiger partial charge in [0.15, 0.2) is 0 Å². The fourth-order valence-corrected chi connectivity index (χ4v) is 2.62. The second-order valence-electron chi connectivity index (χ2n) is 5.79. The first-order valence-corrected chi connectivity index (χ1v) is 8.34. The van der Waals surface area contributed by atoms with Crippen LogP contribution in [0.4, 0.5) is 14.5 Å². The number of hydrogen-bond acceptors (Lipinski definition) is 6. The third kappa shape index (κ3) is 5.48. The van der Waals surface area contributed by atoms with E-state index in [4.69, 9.17) is 15.7 Å². The number of amidine groups is 1. The highest BCUT2D eigenvalue weighted by atomic mass is 19.3. The number of carbonyl (C=O) groups is 1. The van der Waals surface area contributed by atoms with Gasteiger partial charge in [-0.1, -0.05) is 6.07 Å². The Morgan fingerprint density at radius 3 is 2.75 bits per heavy atom. The van der Waals surface area contributed by atoms with E-state index >= 15 is 0 Å². The van der Waals surface area contributed by atoms with E-state index in [9.17, 15) is 13.6 Å². The maximum atomic E-state index is 12.3. The summed E-state index contributed by atoms with van der Waals surface area (Å²) in [6.45, 7) is 0.759. The Balaban J connectivity index is 0.000000878. The van der Waals surface area contributed by atoms with Gasteiger partial charge in [0.1, 0.15) is 11.8 Å². The first kappa shape index (κ1) is 20.8.